The lowest BCUT2D eigenvalue weighted by Crippen LogP contribution is -2.44. The highest BCUT2D eigenvalue weighted by Gasteiger charge is 2.35. The number of carbonyl (C=O) groups excluding carboxylic acids is 1. The van der Waals surface area contributed by atoms with Crippen molar-refractivity contribution in [1.29, 1.82) is 0 Å². The normalized spacial score (nSPS) is 15.4. The maximum atomic E-state index is 13.3. The molecule has 9 nitrogen and oxygen atoms in total. The van der Waals surface area contributed by atoms with Crippen molar-refractivity contribution in [2.45, 2.75) is 17.4 Å². The van der Waals surface area contributed by atoms with E-state index in [9.17, 15) is 23.3 Å². The fourth-order valence-corrected chi connectivity index (χ4v) is 5.11. The number of hydrogen-bond donors (Lipinski definition) is 0. The number of ether oxygens (including phenoxy) is 2. The molecule has 170 valence electrons. The quantitative estimate of drug-likeness (QED) is 0.223. The first kappa shape index (κ1) is 22.6. The number of carbonyl (C=O) groups is 1. The number of non-ortho nitro benzene ring substituents is 1. The Hall–Kier alpha value is -3.63. The molecule has 0 saturated carbocycles. The summed E-state index contributed by atoms with van der Waals surface area (Å²) in [6.07, 6.45) is -1.57. The topological polar surface area (TPSA) is 116 Å². The Labute approximate surface area is 194 Å². The Bertz CT molecular complexity index is 1300. The van der Waals surface area contributed by atoms with Crippen LogP contribution in [0.4, 0.5) is 16.2 Å². The highest BCUT2D eigenvalue weighted by atomic mass is 35.5. The van der Waals surface area contributed by atoms with Crippen LogP contribution in [-0.4, -0.2) is 32.1 Å². The third kappa shape index (κ3) is 4.91. The average Bonchev–Trinajstić information content (AvgIpc) is 2.79. The average molecular weight is 489 g/mol. The van der Waals surface area contributed by atoms with Gasteiger partial charge in [0.25, 0.3) is 15.7 Å². The van der Waals surface area contributed by atoms with Crippen LogP contribution < -0.4 is 9.04 Å². The molecular formula is C22H17ClN2O7S. The lowest BCUT2D eigenvalue weighted by atomic mass is 10.0. The second-order valence-electron chi connectivity index (χ2n) is 7.17. The molecule has 0 fully saturated rings. The van der Waals surface area contributed by atoms with Gasteiger partial charge in [-0.05, 0) is 48.0 Å². The van der Waals surface area contributed by atoms with Crippen LogP contribution in [0.5, 0.6) is 5.75 Å². The molecule has 0 saturated heterocycles. The molecule has 1 aliphatic rings. The molecule has 0 spiro atoms. The number of sulfonamides is 1. The largest absolute Gasteiger partial charge is 0.514 e. The molecular weight excluding hydrogens is 472 g/mol. The maximum absolute atomic E-state index is 13.3. The number of nitrogens with zero attached hydrogens (tertiary/aromatic N) is 2. The van der Waals surface area contributed by atoms with E-state index < -0.39 is 27.2 Å². The SMILES string of the molecule is O=C(Oc1ccc([N+](=O)[O-])cc1)O[C@@H]1Cc2ccccc2N(S(=O)(=O)c2ccc(Cl)cc2)C1. The molecule has 0 N–H and O–H groups in total. The van der Waals surface area contributed by atoms with Gasteiger partial charge in [0, 0.05) is 23.6 Å². The highest BCUT2D eigenvalue weighted by molar-refractivity contribution is 7.92. The van der Waals surface area contributed by atoms with Crippen LogP contribution in [0.2, 0.25) is 5.02 Å². The Balaban J connectivity index is 1.54. The standard InChI is InChI=1S/C22H17ClN2O7S/c23-16-5-11-20(12-6-16)33(29,30)24-14-19(13-15-3-1-2-4-21(15)24)32-22(26)31-18-9-7-17(8-10-18)25(27)28/h1-12,19H,13-14H2/t19-/m1/s1. The summed E-state index contributed by atoms with van der Waals surface area (Å²) >= 11 is 5.89. The smallest absolute Gasteiger partial charge is 0.428 e. The molecule has 1 aliphatic heterocycles. The van der Waals surface area contributed by atoms with Crippen molar-refractivity contribution in [2.24, 2.45) is 0 Å². The molecule has 0 unspecified atom stereocenters. The van der Waals surface area contributed by atoms with E-state index in [1.807, 2.05) is 0 Å². The first-order valence-electron chi connectivity index (χ1n) is 9.73. The van der Waals surface area contributed by atoms with E-state index in [1.165, 1.54) is 52.8 Å². The van der Waals surface area contributed by atoms with Crippen molar-refractivity contribution >= 4 is 39.2 Å². The molecule has 3 aromatic rings. The van der Waals surface area contributed by atoms with Crippen molar-refractivity contribution in [2.75, 3.05) is 10.8 Å². The first-order chi connectivity index (χ1) is 15.7. The summed E-state index contributed by atoms with van der Waals surface area (Å²) in [4.78, 5) is 22.5. The van der Waals surface area contributed by atoms with Crippen molar-refractivity contribution in [1.82, 2.24) is 0 Å². The van der Waals surface area contributed by atoms with Crippen molar-refractivity contribution in [3.05, 3.63) is 93.5 Å². The number of benzene rings is 3. The zero-order valence-corrected chi connectivity index (χ0v) is 18.5. The monoisotopic (exact) mass is 488 g/mol. The molecule has 0 aromatic heterocycles. The molecule has 33 heavy (non-hydrogen) atoms. The van der Waals surface area contributed by atoms with Crippen LogP contribution in [-0.2, 0) is 21.2 Å². The van der Waals surface area contributed by atoms with E-state index in [2.05, 4.69) is 0 Å². The van der Waals surface area contributed by atoms with Crippen molar-refractivity contribution in [3.63, 3.8) is 0 Å². The fraction of sp³-hybridized carbons (Fsp3) is 0.136. The highest BCUT2D eigenvalue weighted by Crippen LogP contribution is 2.33. The van der Waals surface area contributed by atoms with Gasteiger partial charge in [0.15, 0.2) is 0 Å². The van der Waals surface area contributed by atoms with E-state index >= 15 is 0 Å². The summed E-state index contributed by atoms with van der Waals surface area (Å²) in [6, 6.07) is 17.7. The number of hydrogen-bond acceptors (Lipinski definition) is 7. The molecule has 1 heterocycles. The van der Waals surface area contributed by atoms with E-state index in [-0.39, 0.29) is 29.3 Å². The fourth-order valence-electron chi connectivity index (χ4n) is 3.45. The number of fused-ring (bicyclic) bond motifs is 1. The van der Waals surface area contributed by atoms with E-state index in [4.69, 9.17) is 21.1 Å². The summed E-state index contributed by atoms with van der Waals surface area (Å²) in [5.41, 5.74) is 1.04. The number of nitro benzene ring substituents is 1. The summed E-state index contributed by atoms with van der Waals surface area (Å²) in [5.74, 6) is 0.0625. The van der Waals surface area contributed by atoms with Crippen LogP contribution in [0.15, 0.2) is 77.7 Å². The Morgan fingerprint density at radius 3 is 2.36 bits per heavy atom. The molecule has 0 bridgehead atoms. The predicted molar refractivity (Wildman–Crippen MR) is 120 cm³/mol. The van der Waals surface area contributed by atoms with Crippen molar-refractivity contribution < 1.29 is 27.6 Å². The minimum Gasteiger partial charge on any atom is -0.428 e. The first-order valence-corrected chi connectivity index (χ1v) is 11.5. The number of rotatable bonds is 5. The van der Waals surface area contributed by atoms with Gasteiger partial charge >= 0.3 is 6.16 Å². The van der Waals surface area contributed by atoms with Crippen LogP contribution in [0.1, 0.15) is 5.56 Å². The predicted octanol–water partition coefficient (Wildman–Crippen LogP) is 4.58. The van der Waals surface area contributed by atoms with E-state index in [0.717, 1.165) is 0 Å². The third-order valence-electron chi connectivity index (χ3n) is 4.99. The Morgan fingerprint density at radius 2 is 1.70 bits per heavy atom. The minimum absolute atomic E-state index is 0.0517. The molecule has 0 radical (unpaired) electrons. The number of para-hydroxylation sites is 1. The summed E-state index contributed by atoms with van der Waals surface area (Å²) in [5, 5.41) is 11.1. The lowest BCUT2D eigenvalue weighted by molar-refractivity contribution is -0.384. The van der Waals surface area contributed by atoms with E-state index in [0.29, 0.717) is 16.3 Å². The van der Waals surface area contributed by atoms with Gasteiger partial charge in [0.2, 0.25) is 0 Å². The third-order valence-corrected chi connectivity index (χ3v) is 7.04. The van der Waals surface area contributed by atoms with E-state index in [1.54, 1.807) is 24.3 Å². The number of nitro groups is 1. The number of anilines is 1. The van der Waals surface area contributed by atoms with Crippen LogP contribution in [0, 0.1) is 10.1 Å². The second-order valence-corrected chi connectivity index (χ2v) is 9.46. The van der Waals surface area contributed by atoms with Crippen LogP contribution >= 0.6 is 11.6 Å². The Kier molecular flexibility index (Phi) is 6.21. The summed E-state index contributed by atoms with van der Waals surface area (Å²) in [7, 11) is -3.95. The Morgan fingerprint density at radius 1 is 1.03 bits per heavy atom. The van der Waals surface area contributed by atoms with Crippen LogP contribution in [0.3, 0.4) is 0 Å². The van der Waals surface area contributed by atoms with Gasteiger partial charge in [-0.25, -0.2) is 13.2 Å². The summed E-state index contributed by atoms with van der Waals surface area (Å²) < 4.78 is 38.3. The van der Waals surface area contributed by atoms with Gasteiger partial charge in [-0.15, -0.1) is 0 Å². The second kappa shape index (κ2) is 9.08. The lowest BCUT2D eigenvalue weighted by Gasteiger charge is -2.34. The molecule has 0 aliphatic carbocycles. The van der Waals surface area contributed by atoms with Gasteiger partial charge in [0.05, 0.1) is 22.1 Å². The van der Waals surface area contributed by atoms with Gasteiger partial charge < -0.3 is 9.47 Å². The number of halogens is 1. The van der Waals surface area contributed by atoms with Gasteiger partial charge in [-0.1, -0.05) is 29.8 Å². The van der Waals surface area contributed by atoms with Crippen LogP contribution in [0.25, 0.3) is 0 Å². The molecule has 0 amide bonds. The van der Waals surface area contributed by atoms with Gasteiger partial charge in [-0.2, -0.15) is 0 Å². The zero-order valence-electron chi connectivity index (χ0n) is 17.0. The van der Waals surface area contributed by atoms with Crippen molar-refractivity contribution in [3.8, 4) is 5.75 Å². The molecule has 11 heteroatoms. The molecule has 4 rings (SSSR count). The zero-order chi connectivity index (χ0) is 23.6. The molecule has 3 aromatic carbocycles. The van der Waals surface area contributed by atoms with Gasteiger partial charge in [-0.3, -0.25) is 14.4 Å². The minimum atomic E-state index is -3.95. The molecule has 1 atom stereocenters. The maximum Gasteiger partial charge on any atom is 0.514 e. The summed E-state index contributed by atoms with van der Waals surface area (Å²) in [6.45, 7) is -0.114. The van der Waals surface area contributed by atoms with Gasteiger partial charge in [0.1, 0.15) is 11.9 Å².